The lowest BCUT2D eigenvalue weighted by Crippen LogP contribution is -2.40. The second-order valence-electron chi connectivity index (χ2n) is 6.26. The maximum Gasteiger partial charge on any atom is 0.248 e. The van der Waals surface area contributed by atoms with Crippen LogP contribution >= 0.6 is 15.9 Å². The smallest absolute Gasteiger partial charge is 0.248 e. The van der Waals surface area contributed by atoms with Crippen LogP contribution in [0.25, 0.3) is 6.08 Å². The monoisotopic (exact) mass is 480 g/mol. The summed E-state index contributed by atoms with van der Waals surface area (Å²) >= 11 is 3.38. The highest BCUT2D eigenvalue weighted by molar-refractivity contribution is 9.10. The van der Waals surface area contributed by atoms with Crippen LogP contribution in [0, 0.1) is 0 Å². The summed E-state index contributed by atoms with van der Waals surface area (Å²) in [5, 5.41) is 2.69. The summed E-state index contributed by atoms with van der Waals surface area (Å²) in [5.41, 5.74) is 1.14. The van der Waals surface area contributed by atoms with Gasteiger partial charge < -0.3 is 14.8 Å². The van der Waals surface area contributed by atoms with Gasteiger partial charge >= 0.3 is 0 Å². The second kappa shape index (κ2) is 9.53. The third-order valence-electron chi connectivity index (χ3n) is 4.31. The fourth-order valence-corrected chi connectivity index (χ4v) is 4.69. The van der Waals surface area contributed by atoms with E-state index in [1.807, 2.05) is 24.3 Å². The number of anilines is 1. The third-order valence-corrected chi connectivity index (χ3v) is 6.70. The molecule has 1 aliphatic heterocycles. The number of sulfonamides is 1. The molecule has 2 aromatic carbocycles. The van der Waals surface area contributed by atoms with Crippen LogP contribution in [0.3, 0.4) is 0 Å². The molecule has 1 saturated heterocycles. The van der Waals surface area contributed by atoms with Gasteiger partial charge in [0.2, 0.25) is 15.9 Å². The van der Waals surface area contributed by atoms with Gasteiger partial charge in [-0.15, -0.1) is 0 Å². The Hall–Kier alpha value is -2.20. The molecule has 7 nitrogen and oxygen atoms in total. The van der Waals surface area contributed by atoms with E-state index >= 15 is 0 Å². The fourth-order valence-electron chi connectivity index (χ4n) is 2.84. The Balaban J connectivity index is 1.81. The summed E-state index contributed by atoms with van der Waals surface area (Å²) in [5.74, 6) is -0.0284. The molecule has 0 bridgehead atoms. The van der Waals surface area contributed by atoms with Gasteiger partial charge in [-0.2, -0.15) is 4.31 Å². The molecule has 1 fully saturated rings. The Labute approximate surface area is 178 Å². The first-order chi connectivity index (χ1) is 13.9. The highest BCUT2D eigenvalue weighted by Crippen LogP contribution is 2.29. The maximum absolute atomic E-state index is 12.9. The van der Waals surface area contributed by atoms with Crippen LogP contribution in [0.15, 0.2) is 57.9 Å². The molecule has 0 unspecified atom stereocenters. The molecule has 3 rings (SSSR count). The van der Waals surface area contributed by atoms with Crippen LogP contribution < -0.4 is 10.1 Å². The van der Waals surface area contributed by atoms with Gasteiger partial charge in [-0.1, -0.05) is 28.1 Å². The minimum absolute atomic E-state index is 0.0893. The van der Waals surface area contributed by atoms with Crippen LogP contribution in [0.2, 0.25) is 0 Å². The molecule has 154 valence electrons. The van der Waals surface area contributed by atoms with E-state index < -0.39 is 15.9 Å². The van der Waals surface area contributed by atoms with Gasteiger partial charge in [0, 0.05) is 23.6 Å². The summed E-state index contributed by atoms with van der Waals surface area (Å²) in [6, 6.07) is 11.9. The number of ether oxygens (including phenoxy) is 2. The molecular weight excluding hydrogens is 460 g/mol. The lowest BCUT2D eigenvalue weighted by Gasteiger charge is -2.26. The lowest BCUT2D eigenvalue weighted by atomic mass is 10.2. The minimum Gasteiger partial charge on any atom is -0.495 e. The number of benzene rings is 2. The van der Waals surface area contributed by atoms with E-state index in [0.717, 1.165) is 10.0 Å². The summed E-state index contributed by atoms with van der Waals surface area (Å²) in [6.45, 7) is 1.32. The topological polar surface area (TPSA) is 84.9 Å². The molecule has 0 atom stereocenters. The fraction of sp³-hybridized carbons (Fsp3) is 0.250. The largest absolute Gasteiger partial charge is 0.495 e. The van der Waals surface area contributed by atoms with Crippen LogP contribution in [0.5, 0.6) is 5.75 Å². The van der Waals surface area contributed by atoms with Crippen molar-refractivity contribution in [1.82, 2.24) is 4.31 Å². The zero-order valence-corrected chi connectivity index (χ0v) is 18.2. The normalized spacial score (nSPS) is 15.4. The van der Waals surface area contributed by atoms with Crippen molar-refractivity contribution in [2.75, 3.05) is 38.7 Å². The number of hydrogen-bond acceptors (Lipinski definition) is 5. The number of carbonyl (C=O) groups excluding carboxylic acids is 1. The van der Waals surface area contributed by atoms with Crippen molar-refractivity contribution in [3.05, 3.63) is 58.6 Å². The summed E-state index contributed by atoms with van der Waals surface area (Å²) in [7, 11) is -2.23. The third kappa shape index (κ3) is 5.45. The Kier molecular flexibility index (Phi) is 7.07. The number of hydrogen-bond donors (Lipinski definition) is 1. The van der Waals surface area contributed by atoms with Gasteiger partial charge in [-0.3, -0.25) is 4.79 Å². The van der Waals surface area contributed by atoms with Gasteiger partial charge in [-0.05, 0) is 42.0 Å². The van der Waals surface area contributed by atoms with Crippen molar-refractivity contribution in [3.63, 3.8) is 0 Å². The molecule has 1 heterocycles. The van der Waals surface area contributed by atoms with Gasteiger partial charge in [0.15, 0.2) is 0 Å². The molecule has 1 amide bonds. The van der Waals surface area contributed by atoms with E-state index in [1.54, 1.807) is 6.08 Å². The van der Waals surface area contributed by atoms with E-state index in [-0.39, 0.29) is 10.6 Å². The predicted octanol–water partition coefficient (Wildman–Crippen LogP) is 3.13. The molecule has 0 radical (unpaired) electrons. The zero-order chi connectivity index (χ0) is 20.9. The number of rotatable bonds is 6. The maximum atomic E-state index is 12.9. The molecule has 0 saturated carbocycles. The first-order valence-corrected chi connectivity index (χ1v) is 11.1. The number of morpholine rings is 1. The average Bonchev–Trinajstić information content (AvgIpc) is 2.73. The molecule has 9 heteroatoms. The van der Waals surface area contributed by atoms with Gasteiger partial charge in [0.25, 0.3) is 0 Å². The van der Waals surface area contributed by atoms with Crippen LogP contribution in [0.1, 0.15) is 5.56 Å². The van der Waals surface area contributed by atoms with Crippen molar-refractivity contribution in [1.29, 1.82) is 0 Å². The van der Waals surface area contributed by atoms with Gasteiger partial charge in [0.05, 0.1) is 30.9 Å². The van der Waals surface area contributed by atoms with Gasteiger partial charge in [-0.25, -0.2) is 8.42 Å². The Morgan fingerprint density at radius 2 is 1.97 bits per heavy atom. The number of nitrogens with one attached hydrogen (secondary N) is 1. The lowest BCUT2D eigenvalue weighted by molar-refractivity contribution is -0.111. The average molecular weight is 481 g/mol. The first-order valence-electron chi connectivity index (χ1n) is 8.91. The Morgan fingerprint density at radius 1 is 1.21 bits per heavy atom. The molecule has 1 aliphatic rings. The standard InChI is InChI=1S/C20H21BrN2O5S/c1-27-19-7-6-17(29(25,26)23-9-11-28-12-10-23)14-18(19)22-20(24)8-5-15-3-2-4-16(21)13-15/h2-8,13-14H,9-12H2,1H3,(H,22,24)/b8-5+. The number of carbonyl (C=O) groups is 1. The van der Waals surface area contributed by atoms with Crippen LogP contribution in [0.4, 0.5) is 5.69 Å². The number of methoxy groups -OCH3 is 1. The summed E-state index contributed by atoms with van der Waals surface area (Å²) < 4.78 is 38.5. The highest BCUT2D eigenvalue weighted by atomic mass is 79.9. The molecule has 1 N–H and O–H groups in total. The minimum atomic E-state index is -3.68. The van der Waals surface area contributed by atoms with E-state index in [1.165, 1.54) is 35.7 Å². The number of nitrogens with zero attached hydrogens (tertiary/aromatic N) is 1. The van der Waals surface area contributed by atoms with Crippen molar-refractivity contribution < 1.29 is 22.7 Å². The number of amides is 1. The Bertz CT molecular complexity index is 1020. The zero-order valence-electron chi connectivity index (χ0n) is 15.8. The Morgan fingerprint density at radius 3 is 2.66 bits per heavy atom. The molecule has 2 aromatic rings. The van der Waals surface area contributed by atoms with Crippen LogP contribution in [-0.2, 0) is 19.6 Å². The molecular formula is C20H21BrN2O5S. The van der Waals surface area contributed by atoms with E-state index in [9.17, 15) is 13.2 Å². The van der Waals surface area contributed by atoms with E-state index in [2.05, 4.69) is 21.2 Å². The summed E-state index contributed by atoms with van der Waals surface area (Å²) in [4.78, 5) is 12.4. The van der Waals surface area contributed by atoms with E-state index in [0.29, 0.717) is 32.1 Å². The van der Waals surface area contributed by atoms with Crippen molar-refractivity contribution in [2.45, 2.75) is 4.90 Å². The van der Waals surface area contributed by atoms with E-state index in [4.69, 9.17) is 9.47 Å². The van der Waals surface area contributed by atoms with Crippen LogP contribution in [-0.4, -0.2) is 52.0 Å². The van der Waals surface area contributed by atoms with Crippen molar-refractivity contribution >= 4 is 43.6 Å². The molecule has 0 aliphatic carbocycles. The molecule has 0 spiro atoms. The first kappa shape index (κ1) is 21.5. The molecule has 29 heavy (non-hydrogen) atoms. The summed E-state index contributed by atoms with van der Waals surface area (Å²) in [6.07, 6.45) is 3.05. The SMILES string of the molecule is COc1ccc(S(=O)(=O)N2CCOCC2)cc1NC(=O)/C=C/c1cccc(Br)c1. The predicted molar refractivity (Wildman–Crippen MR) is 114 cm³/mol. The quantitative estimate of drug-likeness (QED) is 0.641. The van der Waals surface area contributed by atoms with Crippen molar-refractivity contribution in [2.24, 2.45) is 0 Å². The van der Waals surface area contributed by atoms with Crippen molar-refractivity contribution in [3.8, 4) is 5.75 Å². The molecule has 0 aromatic heterocycles. The number of halogens is 1. The highest BCUT2D eigenvalue weighted by Gasteiger charge is 2.27. The second-order valence-corrected chi connectivity index (χ2v) is 9.11. The van der Waals surface area contributed by atoms with Gasteiger partial charge in [0.1, 0.15) is 5.75 Å².